The largest absolute Gasteiger partial charge is 0.407 e. The minimum atomic E-state index is -4.57. The zero-order valence-electron chi connectivity index (χ0n) is 11.0. The second kappa shape index (κ2) is 5.30. The molecule has 0 N–H and O–H groups in total. The van der Waals surface area contributed by atoms with Gasteiger partial charge < -0.3 is 0 Å². The lowest BCUT2D eigenvalue weighted by molar-refractivity contribution is -0.136. The van der Waals surface area contributed by atoms with Gasteiger partial charge in [-0.25, -0.2) is 4.85 Å². The molecular weight excluding hydrogens is 277 g/mol. The highest BCUT2D eigenvalue weighted by molar-refractivity contribution is 5.72. The van der Waals surface area contributed by atoms with Crippen molar-refractivity contribution in [3.8, 4) is 17.2 Å². The molecule has 0 atom stereocenters. The van der Waals surface area contributed by atoms with E-state index in [9.17, 15) is 13.2 Å². The third kappa shape index (κ3) is 2.88. The number of hydrogen-bond donors (Lipinski definition) is 0. The fourth-order valence-electron chi connectivity index (χ4n) is 2.09. The maximum Gasteiger partial charge on any atom is 0.407 e. The molecule has 2 aromatic carbocycles. The van der Waals surface area contributed by atoms with Gasteiger partial charge in [-0.05, 0) is 35.7 Å². The van der Waals surface area contributed by atoms with Crippen molar-refractivity contribution in [1.29, 1.82) is 5.26 Å². The maximum atomic E-state index is 13.0. The van der Waals surface area contributed by atoms with Crippen molar-refractivity contribution in [2.24, 2.45) is 0 Å². The molecule has 0 saturated heterocycles. The average Bonchev–Trinajstić information content (AvgIpc) is 2.45. The molecule has 104 valence electrons. The number of rotatable bonds is 1. The van der Waals surface area contributed by atoms with Gasteiger partial charge in [-0.2, -0.15) is 18.4 Å². The third-order valence-corrected chi connectivity index (χ3v) is 3.09. The van der Waals surface area contributed by atoms with Gasteiger partial charge in [0.25, 0.3) is 0 Å². The molecule has 0 amide bonds. The van der Waals surface area contributed by atoms with Gasteiger partial charge >= 0.3 is 6.18 Å². The molecule has 0 radical (unpaired) electrons. The fourth-order valence-corrected chi connectivity index (χ4v) is 2.09. The van der Waals surface area contributed by atoms with Crippen molar-refractivity contribution in [1.82, 2.24) is 0 Å². The highest BCUT2D eigenvalue weighted by Crippen LogP contribution is 2.39. The summed E-state index contributed by atoms with van der Waals surface area (Å²) in [4.78, 5) is 2.91. The molecule has 0 heterocycles. The van der Waals surface area contributed by atoms with E-state index < -0.39 is 17.4 Å². The van der Waals surface area contributed by atoms with E-state index in [1.54, 1.807) is 25.1 Å². The molecule has 5 heteroatoms. The van der Waals surface area contributed by atoms with Crippen molar-refractivity contribution in [2.75, 3.05) is 0 Å². The number of benzene rings is 2. The number of aryl methyl sites for hydroxylation is 1. The van der Waals surface area contributed by atoms with E-state index in [1.165, 1.54) is 12.1 Å². The van der Waals surface area contributed by atoms with Gasteiger partial charge in [0.15, 0.2) is 5.69 Å². The summed E-state index contributed by atoms with van der Waals surface area (Å²) in [5, 5.41) is 8.81. The second-order valence-corrected chi connectivity index (χ2v) is 4.48. The van der Waals surface area contributed by atoms with Crippen LogP contribution in [0, 0.1) is 24.8 Å². The molecule has 0 spiro atoms. The van der Waals surface area contributed by atoms with Crippen LogP contribution in [0.15, 0.2) is 36.4 Å². The SMILES string of the molecule is [C-]#[N+]c1ccc(-c2ccc(C#N)cc2C)cc1C(F)(F)F. The number of nitriles is 1. The van der Waals surface area contributed by atoms with Crippen LogP contribution in [0.3, 0.4) is 0 Å². The first kappa shape index (κ1) is 14.6. The highest BCUT2D eigenvalue weighted by Gasteiger charge is 2.33. The van der Waals surface area contributed by atoms with E-state index in [1.807, 2.05) is 6.07 Å². The Morgan fingerprint density at radius 2 is 1.86 bits per heavy atom. The Kier molecular flexibility index (Phi) is 3.69. The van der Waals surface area contributed by atoms with Crippen molar-refractivity contribution in [3.63, 3.8) is 0 Å². The van der Waals surface area contributed by atoms with Crippen LogP contribution in [0.5, 0.6) is 0 Å². The van der Waals surface area contributed by atoms with Crippen LogP contribution in [-0.4, -0.2) is 0 Å². The van der Waals surface area contributed by atoms with Crippen LogP contribution < -0.4 is 0 Å². The van der Waals surface area contributed by atoms with Crippen molar-refractivity contribution in [3.05, 3.63) is 64.5 Å². The molecule has 0 saturated carbocycles. The van der Waals surface area contributed by atoms with Gasteiger partial charge in [-0.1, -0.05) is 24.3 Å². The summed E-state index contributed by atoms with van der Waals surface area (Å²) in [6, 6.07) is 10.4. The molecule has 0 fully saturated rings. The Morgan fingerprint density at radius 1 is 1.14 bits per heavy atom. The van der Waals surface area contributed by atoms with E-state index >= 15 is 0 Å². The van der Waals surface area contributed by atoms with Gasteiger partial charge in [0.2, 0.25) is 0 Å². The monoisotopic (exact) mass is 286 g/mol. The fraction of sp³-hybridized carbons (Fsp3) is 0.125. The number of hydrogen-bond acceptors (Lipinski definition) is 1. The van der Waals surface area contributed by atoms with Crippen LogP contribution in [0.4, 0.5) is 18.9 Å². The number of alkyl halides is 3. The summed E-state index contributed by atoms with van der Waals surface area (Å²) >= 11 is 0. The van der Waals surface area contributed by atoms with Crippen LogP contribution in [0.2, 0.25) is 0 Å². The van der Waals surface area contributed by atoms with Crippen molar-refractivity contribution >= 4 is 5.69 Å². The van der Waals surface area contributed by atoms with E-state index in [4.69, 9.17) is 11.8 Å². The molecule has 0 aliphatic rings. The first-order valence-corrected chi connectivity index (χ1v) is 5.96. The summed E-state index contributed by atoms with van der Waals surface area (Å²) in [5.74, 6) is 0. The zero-order valence-corrected chi connectivity index (χ0v) is 11.0. The molecule has 21 heavy (non-hydrogen) atoms. The lowest BCUT2D eigenvalue weighted by atomic mass is 9.96. The summed E-state index contributed by atoms with van der Waals surface area (Å²) < 4.78 is 38.9. The van der Waals surface area contributed by atoms with Gasteiger partial charge in [0.05, 0.1) is 23.8 Å². The third-order valence-electron chi connectivity index (χ3n) is 3.09. The summed E-state index contributed by atoms with van der Waals surface area (Å²) in [5.41, 5.74) is 0.770. The van der Waals surface area contributed by atoms with Gasteiger partial charge in [-0.3, -0.25) is 0 Å². The van der Waals surface area contributed by atoms with E-state index in [2.05, 4.69) is 4.85 Å². The summed E-state index contributed by atoms with van der Waals surface area (Å²) in [6.07, 6.45) is -4.57. The van der Waals surface area contributed by atoms with Crippen LogP contribution in [-0.2, 0) is 6.18 Å². The first-order chi connectivity index (χ1) is 9.86. The number of nitrogens with zero attached hydrogens (tertiary/aromatic N) is 2. The molecule has 0 aliphatic carbocycles. The Morgan fingerprint density at radius 3 is 2.38 bits per heavy atom. The smallest absolute Gasteiger partial charge is 0.238 e. The molecule has 0 bridgehead atoms. The normalized spacial score (nSPS) is 10.8. The highest BCUT2D eigenvalue weighted by atomic mass is 19.4. The first-order valence-electron chi connectivity index (χ1n) is 5.96. The Hall–Kier alpha value is -2.79. The van der Waals surface area contributed by atoms with Crippen molar-refractivity contribution < 1.29 is 13.2 Å². The van der Waals surface area contributed by atoms with Gasteiger partial charge in [0.1, 0.15) is 0 Å². The van der Waals surface area contributed by atoms with E-state index in [0.29, 0.717) is 22.3 Å². The van der Waals surface area contributed by atoms with Crippen LogP contribution in [0.25, 0.3) is 16.0 Å². The molecule has 0 aromatic heterocycles. The van der Waals surface area contributed by atoms with Gasteiger partial charge in [-0.15, -0.1) is 0 Å². The minimum Gasteiger partial charge on any atom is -0.238 e. The summed E-state index contributed by atoms with van der Waals surface area (Å²) in [6.45, 7) is 8.55. The minimum absolute atomic E-state index is 0.372. The van der Waals surface area contributed by atoms with E-state index in [0.717, 1.165) is 6.07 Å². The Bertz CT molecular complexity index is 778. The molecule has 2 rings (SSSR count). The van der Waals surface area contributed by atoms with Crippen LogP contribution >= 0.6 is 0 Å². The van der Waals surface area contributed by atoms with E-state index in [-0.39, 0.29) is 0 Å². The zero-order chi connectivity index (χ0) is 15.6. The predicted molar refractivity (Wildman–Crippen MR) is 72.6 cm³/mol. The predicted octanol–water partition coefficient (Wildman–Crippen LogP) is 5.10. The quantitative estimate of drug-likeness (QED) is 0.670. The van der Waals surface area contributed by atoms with Crippen LogP contribution in [0.1, 0.15) is 16.7 Å². The average molecular weight is 286 g/mol. The van der Waals surface area contributed by atoms with Crippen molar-refractivity contribution in [2.45, 2.75) is 13.1 Å². The summed E-state index contributed by atoms with van der Waals surface area (Å²) in [7, 11) is 0. The number of halogens is 3. The molecule has 2 nitrogen and oxygen atoms in total. The Labute approximate surface area is 119 Å². The lowest BCUT2D eigenvalue weighted by Crippen LogP contribution is -2.05. The lowest BCUT2D eigenvalue weighted by Gasteiger charge is -2.12. The molecule has 0 unspecified atom stereocenters. The second-order valence-electron chi connectivity index (χ2n) is 4.48. The Balaban J connectivity index is 2.62. The van der Waals surface area contributed by atoms with Gasteiger partial charge in [0, 0.05) is 0 Å². The standard InChI is InChI=1S/C16H9F3N2/c1-10-7-11(9-20)3-5-13(10)12-4-6-15(21-2)14(8-12)16(17,18)19/h3-8H,1H3. The molecular formula is C16H9F3N2. The molecule has 0 aliphatic heterocycles. The topological polar surface area (TPSA) is 28.1 Å². The molecule has 2 aromatic rings. The maximum absolute atomic E-state index is 13.0.